The number of fused-ring (bicyclic) bond motifs is 2. The molecule has 0 spiro atoms. The third-order valence-corrected chi connectivity index (χ3v) is 14.6. The lowest BCUT2D eigenvalue weighted by atomic mass is 9.70. The molecule has 0 N–H and O–H groups in total. The summed E-state index contributed by atoms with van der Waals surface area (Å²) in [6.07, 6.45) is 7.76. The van der Waals surface area contributed by atoms with Crippen molar-refractivity contribution >= 4 is 32.0 Å². The molecule has 0 aromatic rings. The minimum Gasteiger partial charge on any atom is -0.299 e. The van der Waals surface area contributed by atoms with Gasteiger partial charge < -0.3 is 0 Å². The van der Waals surface area contributed by atoms with Gasteiger partial charge in [-0.15, -0.1) is 10.3 Å². The normalized spacial score (nSPS) is 33.0. The summed E-state index contributed by atoms with van der Waals surface area (Å²) in [6.45, 7) is 9.92. The Labute approximate surface area is 178 Å². The van der Waals surface area contributed by atoms with Gasteiger partial charge in [0.25, 0.3) is 10.1 Å². The third kappa shape index (κ3) is 3.96. The Hall–Kier alpha value is -0.400. The standard InChI is InChI=1S/C22H38O5S2/c1-20(2,3)28(6,14-18(23)16-9-7-8-10-16)27-29(25,26)15-22-12-11-17(13-19(22)24)21(22,4)5/h16-17H,7-15H2,1-6H3. The smallest absolute Gasteiger partial charge is 0.277 e. The summed E-state index contributed by atoms with van der Waals surface area (Å²) in [7, 11) is -6.17. The largest absolute Gasteiger partial charge is 0.299 e. The molecule has 3 rings (SSSR count). The number of ketones is 2. The van der Waals surface area contributed by atoms with Crippen LogP contribution in [0.2, 0.25) is 0 Å². The van der Waals surface area contributed by atoms with Crippen LogP contribution in [0.5, 0.6) is 0 Å². The van der Waals surface area contributed by atoms with E-state index in [0.717, 1.165) is 32.1 Å². The monoisotopic (exact) mass is 446 g/mol. The summed E-state index contributed by atoms with van der Waals surface area (Å²) in [5, 5.41) is 0. The number of rotatable bonds is 7. The van der Waals surface area contributed by atoms with Crippen LogP contribution in [0.25, 0.3) is 0 Å². The van der Waals surface area contributed by atoms with E-state index in [2.05, 4.69) is 0 Å². The maximum atomic E-state index is 13.3. The Morgan fingerprint density at radius 2 is 1.72 bits per heavy atom. The zero-order chi connectivity index (χ0) is 21.9. The van der Waals surface area contributed by atoms with Gasteiger partial charge in [-0.3, -0.25) is 9.59 Å². The lowest BCUT2D eigenvalue weighted by Crippen LogP contribution is -2.44. The maximum Gasteiger partial charge on any atom is 0.277 e. The summed E-state index contributed by atoms with van der Waals surface area (Å²) in [4.78, 5) is 25.7. The van der Waals surface area contributed by atoms with Crippen LogP contribution in [0, 0.1) is 22.7 Å². The van der Waals surface area contributed by atoms with E-state index in [0.29, 0.717) is 12.8 Å². The molecule has 3 fully saturated rings. The SMILES string of the molecule is CC1(C)C2CCC1(CS(=O)(=O)OS(C)(CC(=O)C1CCCC1)C(C)(C)C)C(=O)C2. The fourth-order valence-corrected chi connectivity index (χ4v) is 11.2. The minimum atomic E-state index is -3.96. The highest BCUT2D eigenvalue weighted by Crippen LogP contribution is 2.65. The van der Waals surface area contributed by atoms with E-state index in [9.17, 15) is 18.0 Å². The summed E-state index contributed by atoms with van der Waals surface area (Å²) >= 11 is 0. The Bertz CT molecular complexity index is 789. The van der Waals surface area contributed by atoms with Crippen LogP contribution in [0.3, 0.4) is 0 Å². The zero-order valence-electron chi connectivity index (χ0n) is 18.9. The molecule has 5 nitrogen and oxygen atoms in total. The van der Waals surface area contributed by atoms with Crippen LogP contribution in [0.4, 0.5) is 0 Å². The molecule has 0 aromatic carbocycles. The molecule has 168 valence electrons. The second-order valence-corrected chi connectivity index (χ2v) is 16.6. The van der Waals surface area contributed by atoms with E-state index in [4.69, 9.17) is 3.63 Å². The maximum absolute atomic E-state index is 13.3. The molecule has 3 unspecified atom stereocenters. The fraction of sp³-hybridized carbons (Fsp3) is 0.909. The van der Waals surface area contributed by atoms with Crippen molar-refractivity contribution in [2.45, 2.75) is 84.3 Å². The topological polar surface area (TPSA) is 77.5 Å². The van der Waals surface area contributed by atoms with E-state index >= 15 is 0 Å². The minimum absolute atomic E-state index is 0.0417. The molecule has 0 heterocycles. The molecule has 29 heavy (non-hydrogen) atoms. The summed E-state index contributed by atoms with van der Waals surface area (Å²) in [5.41, 5.74) is -1.17. The van der Waals surface area contributed by atoms with Gasteiger partial charge in [0, 0.05) is 17.1 Å². The summed E-state index contributed by atoms with van der Waals surface area (Å²) < 4.78 is 32.1. The highest BCUT2D eigenvalue weighted by Gasteiger charge is 2.65. The average Bonchev–Trinajstić information content (AvgIpc) is 3.19. The van der Waals surface area contributed by atoms with Crippen molar-refractivity contribution < 1.29 is 21.6 Å². The van der Waals surface area contributed by atoms with Gasteiger partial charge >= 0.3 is 0 Å². The number of carbonyl (C=O) groups excluding carboxylic acids is 2. The molecule has 3 atom stereocenters. The molecule has 0 aliphatic heterocycles. The summed E-state index contributed by atoms with van der Waals surface area (Å²) in [5.74, 6) is 0.434. The van der Waals surface area contributed by atoms with E-state index in [1.54, 1.807) is 0 Å². The molecule has 2 bridgehead atoms. The van der Waals surface area contributed by atoms with Gasteiger partial charge in [-0.25, -0.2) is 3.63 Å². The van der Waals surface area contributed by atoms with Crippen molar-refractivity contribution in [1.82, 2.24) is 0 Å². The second-order valence-electron chi connectivity index (χ2n) is 11.1. The molecular weight excluding hydrogens is 408 g/mol. The van der Waals surface area contributed by atoms with E-state index in [-0.39, 0.29) is 40.3 Å². The van der Waals surface area contributed by atoms with Crippen LogP contribution < -0.4 is 0 Å². The molecule has 3 aliphatic carbocycles. The Morgan fingerprint density at radius 3 is 2.17 bits per heavy atom. The molecule has 0 aromatic heterocycles. The van der Waals surface area contributed by atoms with Crippen LogP contribution in [-0.4, -0.2) is 42.5 Å². The van der Waals surface area contributed by atoms with Crippen LogP contribution in [0.15, 0.2) is 0 Å². The lowest BCUT2D eigenvalue weighted by molar-refractivity contribution is -0.128. The predicted octanol–water partition coefficient (Wildman–Crippen LogP) is 4.64. The van der Waals surface area contributed by atoms with Crippen LogP contribution in [-0.2, 0) is 23.3 Å². The van der Waals surface area contributed by atoms with Gasteiger partial charge in [0.15, 0.2) is 0 Å². The van der Waals surface area contributed by atoms with Crippen LogP contribution >= 0.6 is 10.3 Å². The average molecular weight is 447 g/mol. The predicted molar refractivity (Wildman–Crippen MR) is 119 cm³/mol. The van der Waals surface area contributed by atoms with Gasteiger partial charge in [-0.2, -0.15) is 8.42 Å². The van der Waals surface area contributed by atoms with Crippen molar-refractivity contribution in [2.75, 3.05) is 17.8 Å². The van der Waals surface area contributed by atoms with Gasteiger partial charge in [0.2, 0.25) is 0 Å². The second kappa shape index (κ2) is 7.33. The van der Waals surface area contributed by atoms with Gasteiger partial charge in [-0.05, 0) is 43.3 Å². The van der Waals surface area contributed by atoms with Gasteiger partial charge in [0.05, 0.1) is 16.9 Å². The Kier molecular flexibility index (Phi) is 5.88. The molecule has 0 amide bonds. The summed E-state index contributed by atoms with van der Waals surface area (Å²) in [6, 6.07) is 0. The van der Waals surface area contributed by atoms with Crippen molar-refractivity contribution in [3.63, 3.8) is 0 Å². The van der Waals surface area contributed by atoms with Crippen molar-refractivity contribution in [2.24, 2.45) is 22.7 Å². The quantitative estimate of drug-likeness (QED) is 0.569. The van der Waals surface area contributed by atoms with E-state index in [1.165, 1.54) is 0 Å². The highest BCUT2D eigenvalue weighted by atomic mass is 32.3. The molecule has 7 heteroatoms. The zero-order valence-corrected chi connectivity index (χ0v) is 20.5. The first kappa shape index (κ1) is 23.3. The number of carbonyl (C=O) groups is 2. The van der Waals surface area contributed by atoms with Gasteiger partial charge in [-0.1, -0.05) is 47.5 Å². The molecule has 0 radical (unpaired) electrons. The van der Waals surface area contributed by atoms with Crippen molar-refractivity contribution in [3.05, 3.63) is 0 Å². The third-order valence-electron chi connectivity index (χ3n) is 8.34. The number of hydrogen-bond acceptors (Lipinski definition) is 5. The molecule has 3 aliphatic rings. The first-order chi connectivity index (χ1) is 13.1. The van der Waals surface area contributed by atoms with Crippen LogP contribution in [0.1, 0.15) is 79.6 Å². The molecule has 3 saturated carbocycles. The highest BCUT2D eigenvalue weighted by molar-refractivity contribution is 8.33. The lowest BCUT2D eigenvalue weighted by Gasteiger charge is -2.46. The first-order valence-corrected chi connectivity index (χ1v) is 14.6. The fourth-order valence-electron chi connectivity index (χ4n) is 5.64. The van der Waals surface area contributed by atoms with Crippen molar-refractivity contribution in [3.8, 4) is 0 Å². The van der Waals surface area contributed by atoms with E-state index < -0.39 is 30.6 Å². The first-order valence-electron chi connectivity index (χ1n) is 10.9. The number of hydrogen-bond donors (Lipinski definition) is 0. The van der Waals surface area contributed by atoms with Crippen molar-refractivity contribution in [1.29, 1.82) is 0 Å². The Balaban J connectivity index is 1.83. The molecular formula is C22H38O5S2. The Morgan fingerprint density at radius 1 is 1.14 bits per heavy atom. The number of Topliss-reactive ketones (excluding diaryl/α,β-unsaturated/α-hetero) is 2. The van der Waals surface area contributed by atoms with E-state index in [1.807, 2.05) is 40.9 Å². The van der Waals surface area contributed by atoms with Gasteiger partial charge in [0.1, 0.15) is 11.6 Å². The molecule has 0 saturated heterocycles.